The first kappa shape index (κ1) is 17.5. The van der Waals surface area contributed by atoms with Gasteiger partial charge in [-0.25, -0.2) is 4.79 Å². The summed E-state index contributed by atoms with van der Waals surface area (Å²) >= 11 is 1.25. The minimum Gasteiger partial charge on any atom is -0.378 e. The molecule has 1 aromatic rings. The number of anilines is 1. The van der Waals surface area contributed by atoms with Crippen LogP contribution in [-0.4, -0.2) is 65.3 Å². The molecule has 10 heteroatoms. The normalized spacial score (nSPS) is 14.6. The van der Waals surface area contributed by atoms with Crippen molar-refractivity contribution < 1.29 is 14.3 Å². The lowest BCUT2D eigenvalue weighted by Gasteiger charge is -2.27. The van der Waals surface area contributed by atoms with Gasteiger partial charge in [-0.15, -0.1) is 10.2 Å². The fraction of sp³-hybridized carbons (Fsp3) is 0.692. The van der Waals surface area contributed by atoms with Gasteiger partial charge in [0.1, 0.15) is 0 Å². The van der Waals surface area contributed by atoms with E-state index in [-0.39, 0.29) is 11.7 Å². The second kappa shape index (κ2) is 8.73. The van der Waals surface area contributed by atoms with E-state index in [4.69, 9.17) is 4.74 Å². The first-order chi connectivity index (χ1) is 11.1. The summed E-state index contributed by atoms with van der Waals surface area (Å²) in [5.74, 6) is 0.505. The molecule has 0 radical (unpaired) electrons. The number of amides is 3. The van der Waals surface area contributed by atoms with Crippen molar-refractivity contribution in [2.75, 3.05) is 43.5 Å². The highest BCUT2D eigenvalue weighted by Gasteiger charge is 2.19. The van der Waals surface area contributed by atoms with Crippen molar-refractivity contribution in [2.24, 2.45) is 7.05 Å². The van der Waals surface area contributed by atoms with Gasteiger partial charge in [-0.05, 0) is 6.42 Å². The molecular weight excluding hydrogens is 320 g/mol. The number of ether oxygens (including phenoxy) is 1. The molecule has 0 spiro atoms. The summed E-state index contributed by atoms with van der Waals surface area (Å²) in [6.07, 6.45) is 0.819. The van der Waals surface area contributed by atoms with Crippen LogP contribution in [0.2, 0.25) is 0 Å². The van der Waals surface area contributed by atoms with E-state index in [1.807, 2.05) is 18.5 Å². The standard InChI is InChI=1S/C13H22N6O3S/c1-3-4-14-11(21)15-10(20)9-23-13-17-16-12(18(13)2)19-5-7-22-8-6-19/h3-9H2,1-2H3,(H2,14,15,20,21). The molecule has 9 nitrogen and oxygen atoms in total. The summed E-state index contributed by atoms with van der Waals surface area (Å²) in [4.78, 5) is 25.2. The molecule has 0 unspecified atom stereocenters. The quantitative estimate of drug-likeness (QED) is 0.701. The van der Waals surface area contributed by atoms with Gasteiger partial charge in [-0.1, -0.05) is 18.7 Å². The van der Waals surface area contributed by atoms with Gasteiger partial charge in [0.25, 0.3) is 0 Å². The lowest BCUT2D eigenvalue weighted by molar-refractivity contribution is -0.117. The minimum atomic E-state index is -0.468. The monoisotopic (exact) mass is 342 g/mol. The van der Waals surface area contributed by atoms with Crippen molar-refractivity contribution in [3.05, 3.63) is 0 Å². The molecule has 23 heavy (non-hydrogen) atoms. The Morgan fingerprint density at radius 2 is 2.04 bits per heavy atom. The molecule has 0 aliphatic carbocycles. The Balaban J connectivity index is 1.82. The number of urea groups is 1. The Bertz CT molecular complexity index is 544. The van der Waals surface area contributed by atoms with Crippen LogP contribution >= 0.6 is 11.8 Å². The molecule has 1 aliphatic heterocycles. The molecule has 2 heterocycles. The largest absolute Gasteiger partial charge is 0.378 e. The van der Waals surface area contributed by atoms with Crippen LogP contribution in [0.25, 0.3) is 0 Å². The summed E-state index contributed by atoms with van der Waals surface area (Å²) in [5.41, 5.74) is 0. The average molecular weight is 342 g/mol. The van der Waals surface area contributed by atoms with Crippen molar-refractivity contribution >= 4 is 29.6 Å². The smallest absolute Gasteiger partial charge is 0.321 e. The van der Waals surface area contributed by atoms with Crippen molar-refractivity contribution in [3.63, 3.8) is 0 Å². The zero-order chi connectivity index (χ0) is 16.7. The van der Waals surface area contributed by atoms with Crippen LogP contribution in [0.4, 0.5) is 10.7 Å². The van der Waals surface area contributed by atoms with Crippen molar-refractivity contribution in [2.45, 2.75) is 18.5 Å². The van der Waals surface area contributed by atoms with E-state index in [1.54, 1.807) is 0 Å². The van der Waals surface area contributed by atoms with Crippen LogP contribution in [0.5, 0.6) is 0 Å². The number of hydrogen-bond donors (Lipinski definition) is 2. The molecule has 1 aliphatic rings. The Labute approximate surface area is 139 Å². The Morgan fingerprint density at radius 1 is 1.30 bits per heavy atom. The molecule has 2 rings (SSSR count). The van der Waals surface area contributed by atoms with E-state index in [0.717, 1.165) is 25.5 Å². The minimum absolute atomic E-state index is 0.106. The molecule has 3 amide bonds. The van der Waals surface area contributed by atoms with E-state index in [0.29, 0.717) is 24.9 Å². The summed E-state index contributed by atoms with van der Waals surface area (Å²) < 4.78 is 7.16. The third kappa shape index (κ3) is 5.10. The van der Waals surface area contributed by atoms with E-state index < -0.39 is 6.03 Å². The number of aromatic nitrogens is 3. The van der Waals surface area contributed by atoms with E-state index in [9.17, 15) is 9.59 Å². The maximum absolute atomic E-state index is 11.7. The number of nitrogens with one attached hydrogen (secondary N) is 2. The van der Waals surface area contributed by atoms with Gasteiger partial charge >= 0.3 is 6.03 Å². The fourth-order valence-electron chi connectivity index (χ4n) is 2.05. The van der Waals surface area contributed by atoms with E-state index >= 15 is 0 Å². The van der Waals surface area contributed by atoms with Crippen LogP contribution in [0.3, 0.4) is 0 Å². The van der Waals surface area contributed by atoms with Gasteiger partial charge in [-0.2, -0.15) is 0 Å². The van der Waals surface area contributed by atoms with Gasteiger partial charge in [0.05, 0.1) is 19.0 Å². The summed E-state index contributed by atoms with van der Waals surface area (Å²) in [6.45, 7) is 5.37. The predicted molar refractivity (Wildman–Crippen MR) is 86.6 cm³/mol. The lowest BCUT2D eigenvalue weighted by atomic mass is 10.4. The van der Waals surface area contributed by atoms with E-state index in [1.165, 1.54) is 11.8 Å². The molecule has 1 fully saturated rings. The van der Waals surface area contributed by atoms with Crippen LogP contribution in [0, 0.1) is 0 Å². The highest BCUT2D eigenvalue weighted by molar-refractivity contribution is 7.99. The van der Waals surface area contributed by atoms with Crippen LogP contribution in [0.1, 0.15) is 13.3 Å². The van der Waals surface area contributed by atoms with Gasteiger partial charge in [-0.3, -0.25) is 14.7 Å². The highest BCUT2D eigenvalue weighted by Crippen LogP contribution is 2.20. The van der Waals surface area contributed by atoms with Gasteiger partial charge in [0.15, 0.2) is 5.16 Å². The van der Waals surface area contributed by atoms with Gasteiger partial charge < -0.3 is 15.0 Å². The Kier molecular flexibility index (Phi) is 6.66. The topological polar surface area (TPSA) is 101 Å². The molecular formula is C13H22N6O3S. The molecule has 1 saturated heterocycles. The number of nitrogens with zero attached hydrogens (tertiary/aromatic N) is 4. The molecule has 128 valence electrons. The summed E-state index contributed by atoms with van der Waals surface area (Å²) in [7, 11) is 1.86. The maximum Gasteiger partial charge on any atom is 0.321 e. The zero-order valence-corrected chi connectivity index (χ0v) is 14.2. The average Bonchev–Trinajstić information content (AvgIpc) is 2.92. The van der Waals surface area contributed by atoms with Crippen molar-refractivity contribution in [1.29, 1.82) is 0 Å². The number of hydrogen-bond acceptors (Lipinski definition) is 7. The second-order valence-electron chi connectivity index (χ2n) is 5.03. The number of carbonyl (C=O) groups excluding carboxylic acids is 2. The Morgan fingerprint density at radius 3 is 2.74 bits per heavy atom. The summed E-state index contributed by atoms with van der Waals surface area (Å²) in [5, 5.41) is 13.8. The first-order valence-corrected chi connectivity index (χ1v) is 8.53. The Hall–Kier alpha value is -1.81. The zero-order valence-electron chi connectivity index (χ0n) is 13.4. The van der Waals surface area contributed by atoms with Crippen molar-refractivity contribution in [1.82, 2.24) is 25.4 Å². The third-order valence-electron chi connectivity index (χ3n) is 3.23. The second-order valence-corrected chi connectivity index (χ2v) is 5.98. The molecule has 2 N–H and O–H groups in total. The number of carbonyl (C=O) groups is 2. The van der Waals surface area contributed by atoms with E-state index in [2.05, 4.69) is 25.7 Å². The number of morpholine rings is 1. The van der Waals surface area contributed by atoms with Crippen LogP contribution in [0.15, 0.2) is 5.16 Å². The number of imide groups is 1. The maximum atomic E-state index is 11.7. The number of rotatable bonds is 6. The van der Waals surface area contributed by atoms with Crippen LogP contribution in [-0.2, 0) is 16.6 Å². The van der Waals surface area contributed by atoms with Gasteiger partial charge in [0.2, 0.25) is 11.9 Å². The SMILES string of the molecule is CCCNC(=O)NC(=O)CSc1nnc(N2CCOCC2)n1C. The molecule has 0 bridgehead atoms. The van der Waals surface area contributed by atoms with Gasteiger partial charge in [0, 0.05) is 26.7 Å². The molecule has 1 aromatic heterocycles. The molecule has 0 saturated carbocycles. The summed E-state index contributed by atoms with van der Waals surface area (Å²) in [6, 6.07) is -0.468. The van der Waals surface area contributed by atoms with Crippen molar-refractivity contribution in [3.8, 4) is 0 Å². The number of thioether (sulfide) groups is 1. The first-order valence-electron chi connectivity index (χ1n) is 7.54. The predicted octanol–water partition coefficient (Wildman–Crippen LogP) is -0.0204. The van der Waals surface area contributed by atoms with Crippen LogP contribution < -0.4 is 15.5 Å². The third-order valence-corrected chi connectivity index (χ3v) is 4.25. The molecule has 0 atom stereocenters. The fourth-order valence-corrected chi connectivity index (χ4v) is 2.75. The lowest BCUT2D eigenvalue weighted by Crippen LogP contribution is -2.40. The molecule has 0 aromatic carbocycles. The highest BCUT2D eigenvalue weighted by atomic mass is 32.2.